The number of terminal acetylenes is 1. The molecule has 18 heavy (non-hydrogen) atoms. The number of rotatable bonds is 1. The Morgan fingerprint density at radius 1 is 1.28 bits per heavy atom. The molecule has 0 fully saturated rings. The van der Waals surface area contributed by atoms with Gasteiger partial charge in [0.1, 0.15) is 0 Å². The van der Waals surface area contributed by atoms with Crippen molar-refractivity contribution in [3.8, 4) is 12.3 Å². The first-order valence-corrected chi connectivity index (χ1v) is 6.03. The summed E-state index contributed by atoms with van der Waals surface area (Å²) >= 11 is 0. The minimum atomic E-state index is -0.0949. The van der Waals surface area contributed by atoms with Gasteiger partial charge in [-0.3, -0.25) is 4.99 Å². The smallest absolute Gasteiger partial charge is 0.0755 e. The first-order valence-electron chi connectivity index (χ1n) is 6.03. The van der Waals surface area contributed by atoms with Crippen LogP contribution in [0, 0.1) is 12.3 Å². The van der Waals surface area contributed by atoms with E-state index in [4.69, 9.17) is 6.42 Å². The summed E-state index contributed by atoms with van der Waals surface area (Å²) in [7, 11) is 2.02. The Labute approximate surface area is 108 Å². The maximum Gasteiger partial charge on any atom is 0.0755 e. The topological polar surface area (TPSA) is 17.3 Å². The van der Waals surface area contributed by atoms with Crippen molar-refractivity contribution in [2.24, 2.45) is 12.0 Å². The van der Waals surface area contributed by atoms with E-state index in [0.717, 1.165) is 22.2 Å². The highest BCUT2D eigenvalue weighted by molar-refractivity contribution is 5.97. The third-order valence-corrected chi connectivity index (χ3v) is 2.87. The molecule has 1 aromatic heterocycles. The van der Waals surface area contributed by atoms with E-state index in [1.165, 1.54) is 0 Å². The Kier molecular flexibility index (Phi) is 3.00. The van der Waals surface area contributed by atoms with Gasteiger partial charge in [-0.15, -0.1) is 6.42 Å². The third kappa shape index (κ3) is 2.17. The molecule has 0 radical (unpaired) electrons. The lowest BCUT2D eigenvalue weighted by molar-refractivity contribution is 0.586. The van der Waals surface area contributed by atoms with Crippen LogP contribution in [0.2, 0.25) is 0 Å². The van der Waals surface area contributed by atoms with Gasteiger partial charge in [-0.05, 0) is 26.8 Å². The molecular formula is C16H18N2. The number of aryl methyl sites for hydroxylation is 1. The van der Waals surface area contributed by atoms with Crippen molar-refractivity contribution in [3.05, 3.63) is 35.5 Å². The van der Waals surface area contributed by atoms with Gasteiger partial charge < -0.3 is 4.57 Å². The quantitative estimate of drug-likeness (QED) is 0.535. The number of hydrogen-bond acceptors (Lipinski definition) is 1. The predicted molar refractivity (Wildman–Crippen MR) is 78.2 cm³/mol. The van der Waals surface area contributed by atoms with Gasteiger partial charge in [-0.25, -0.2) is 0 Å². The Morgan fingerprint density at radius 3 is 2.56 bits per heavy atom. The molecule has 0 spiro atoms. The molecule has 0 aliphatic heterocycles. The molecule has 0 saturated carbocycles. The number of fused-ring (bicyclic) bond motifs is 1. The van der Waals surface area contributed by atoms with Crippen molar-refractivity contribution < 1.29 is 0 Å². The van der Waals surface area contributed by atoms with Crippen LogP contribution in [0.4, 0.5) is 0 Å². The number of para-hydroxylation sites is 1. The van der Waals surface area contributed by atoms with Gasteiger partial charge in [0.2, 0.25) is 0 Å². The molecule has 92 valence electrons. The molecule has 0 amide bonds. The zero-order valence-electron chi connectivity index (χ0n) is 11.4. The fraction of sp³-hybridized carbons (Fsp3) is 0.312. The first-order chi connectivity index (χ1) is 8.44. The van der Waals surface area contributed by atoms with Crippen LogP contribution in [0.25, 0.3) is 10.9 Å². The van der Waals surface area contributed by atoms with Crippen LogP contribution in [0.1, 0.15) is 32.0 Å². The summed E-state index contributed by atoms with van der Waals surface area (Å²) in [5.41, 5.74) is 2.96. The Morgan fingerprint density at radius 2 is 1.94 bits per heavy atom. The van der Waals surface area contributed by atoms with Gasteiger partial charge in [0.15, 0.2) is 0 Å². The number of aromatic nitrogens is 1. The molecule has 2 nitrogen and oxygen atoms in total. The minimum absolute atomic E-state index is 0.0949. The summed E-state index contributed by atoms with van der Waals surface area (Å²) in [5.74, 6) is 2.78. The maximum atomic E-state index is 5.64. The molecule has 0 saturated heterocycles. The zero-order chi connectivity index (χ0) is 13.3. The van der Waals surface area contributed by atoms with Gasteiger partial charge in [0, 0.05) is 24.2 Å². The van der Waals surface area contributed by atoms with Crippen LogP contribution >= 0.6 is 0 Å². The van der Waals surface area contributed by atoms with E-state index in [0.29, 0.717) is 0 Å². The molecule has 2 heteroatoms. The van der Waals surface area contributed by atoms with Gasteiger partial charge in [-0.1, -0.05) is 24.1 Å². The largest absolute Gasteiger partial charge is 0.342 e. The number of nitrogens with zero attached hydrogens (tertiary/aromatic N) is 2. The van der Waals surface area contributed by atoms with Crippen molar-refractivity contribution in [1.82, 2.24) is 4.57 Å². The SMILES string of the molecule is C#Cc1c(C=NC(C)(C)C)n(C)c2ccccc12. The second-order valence-electron chi connectivity index (χ2n) is 5.41. The second-order valence-corrected chi connectivity index (χ2v) is 5.41. The minimum Gasteiger partial charge on any atom is -0.342 e. The molecular weight excluding hydrogens is 220 g/mol. The van der Waals surface area contributed by atoms with Crippen molar-refractivity contribution >= 4 is 17.1 Å². The first kappa shape index (κ1) is 12.4. The molecule has 0 aliphatic rings. The van der Waals surface area contributed by atoms with Crippen molar-refractivity contribution in [2.75, 3.05) is 0 Å². The molecule has 0 atom stereocenters. The Hall–Kier alpha value is -2.01. The number of benzene rings is 1. The highest BCUT2D eigenvalue weighted by Gasteiger charge is 2.12. The monoisotopic (exact) mass is 238 g/mol. The van der Waals surface area contributed by atoms with E-state index in [1.54, 1.807) is 0 Å². The molecule has 2 aromatic rings. The standard InChI is InChI=1S/C16H18N2/c1-6-12-13-9-7-8-10-14(13)18(5)15(12)11-17-16(2,3)4/h1,7-11H,2-5H3. The summed E-state index contributed by atoms with van der Waals surface area (Å²) in [6.45, 7) is 6.21. The fourth-order valence-electron chi connectivity index (χ4n) is 1.97. The Balaban J connectivity index is 2.68. The van der Waals surface area contributed by atoms with Gasteiger partial charge in [-0.2, -0.15) is 0 Å². The van der Waals surface area contributed by atoms with Crippen LogP contribution < -0.4 is 0 Å². The molecule has 1 aromatic carbocycles. The summed E-state index contributed by atoms with van der Waals surface area (Å²) < 4.78 is 2.10. The van der Waals surface area contributed by atoms with Gasteiger partial charge in [0.25, 0.3) is 0 Å². The highest BCUT2D eigenvalue weighted by Crippen LogP contribution is 2.23. The lowest BCUT2D eigenvalue weighted by Crippen LogP contribution is -2.10. The number of aliphatic imine (C=N–C) groups is 1. The van der Waals surface area contributed by atoms with Crippen molar-refractivity contribution in [3.63, 3.8) is 0 Å². The third-order valence-electron chi connectivity index (χ3n) is 2.87. The van der Waals surface area contributed by atoms with E-state index in [2.05, 4.69) is 48.4 Å². The molecule has 1 heterocycles. The summed E-state index contributed by atoms with van der Waals surface area (Å²) in [4.78, 5) is 4.55. The highest BCUT2D eigenvalue weighted by atomic mass is 15.0. The number of hydrogen-bond donors (Lipinski definition) is 0. The second kappa shape index (κ2) is 4.34. The van der Waals surface area contributed by atoms with Crippen LogP contribution in [-0.2, 0) is 7.05 Å². The molecule has 0 bridgehead atoms. The summed E-state index contributed by atoms with van der Waals surface area (Å²) in [6.07, 6.45) is 7.53. The van der Waals surface area contributed by atoms with E-state index >= 15 is 0 Å². The molecule has 2 rings (SSSR count). The molecule has 0 unspecified atom stereocenters. The average Bonchev–Trinajstić information content (AvgIpc) is 2.59. The lowest BCUT2D eigenvalue weighted by atomic mass is 10.1. The van der Waals surface area contributed by atoms with Crippen LogP contribution in [0.15, 0.2) is 29.3 Å². The van der Waals surface area contributed by atoms with E-state index in [-0.39, 0.29) is 5.54 Å². The summed E-state index contributed by atoms with van der Waals surface area (Å²) in [6, 6.07) is 8.16. The van der Waals surface area contributed by atoms with Gasteiger partial charge in [0.05, 0.1) is 16.8 Å². The van der Waals surface area contributed by atoms with Crippen molar-refractivity contribution in [2.45, 2.75) is 26.3 Å². The lowest BCUT2D eigenvalue weighted by Gasteiger charge is -2.11. The summed E-state index contributed by atoms with van der Waals surface area (Å²) in [5, 5.41) is 1.11. The van der Waals surface area contributed by atoms with E-state index in [1.807, 2.05) is 25.4 Å². The van der Waals surface area contributed by atoms with E-state index in [9.17, 15) is 0 Å². The van der Waals surface area contributed by atoms with Crippen LogP contribution in [-0.4, -0.2) is 16.3 Å². The normalized spacial score (nSPS) is 12.2. The van der Waals surface area contributed by atoms with Crippen LogP contribution in [0.3, 0.4) is 0 Å². The zero-order valence-corrected chi connectivity index (χ0v) is 11.4. The molecule has 0 N–H and O–H groups in total. The van der Waals surface area contributed by atoms with E-state index < -0.39 is 0 Å². The van der Waals surface area contributed by atoms with Gasteiger partial charge >= 0.3 is 0 Å². The maximum absolute atomic E-state index is 5.64. The van der Waals surface area contributed by atoms with Crippen LogP contribution in [0.5, 0.6) is 0 Å². The van der Waals surface area contributed by atoms with Crippen molar-refractivity contribution in [1.29, 1.82) is 0 Å². The Bertz CT molecular complexity index is 646. The predicted octanol–water partition coefficient (Wildman–Crippen LogP) is 3.38. The molecule has 0 aliphatic carbocycles. The fourth-order valence-corrected chi connectivity index (χ4v) is 1.97. The average molecular weight is 238 g/mol.